The lowest BCUT2D eigenvalue weighted by Crippen LogP contribution is -2.02. The molecule has 0 unspecified atom stereocenters. The summed E-state index contributed by atoms with van der Waals surface area (Å²) in [6.45, 7) is 0. The van der Waals surface area contributed by atoms with Gasteiger partial charge in [0.25, 0.3) is 0 Å². The predicted octanol–water partition coefficient (Wildman–Crippen LogP) is 7.90. The lowest BCUT2D eigenvalue weighted by molar-refractivity contribution is 0.679. The van der Waals surface area contributed by atoms with Crippen molar-refractivity contribution in [2.75, 3.05) is 0 Å². The average Bonchev–Trinajstić information content (AvgIpc) is 3.42. The zero-order valence-corrected chi connectivity index (χ0v) is 16.3. The normalized spacial score (nSPS) is 13.7. The third kappa shape index (κ3) is 2.69. The van der Waals surface area contributed by atoms with Gasteiger partial charge in [0.05, 0.1) is 0 Å². The number of hydrogen-bond donors (Lipinski definition) is 0. The summed E-state index contributed by atoms with van der Waals surface area (Å²) in [5.74, 6) is 0. The maximum absolute atomic E-state index is 5.46. The smallest absolute Gasteiger partial charge is 0.135 e. The molecule has 6 aromatic rings. The first-order valence-corrected chi connectivity index (χ1v) is 10.5. The first-order chi connectivity index (χ1) is 14.4. The van der Waals surface area contributed by atoms with Gasteiger partial charge in [-0.2, -0.15) is 0 Å². The second-order valence-corrected chi connectivity index (χ2v) is 8.00. The summed E-state index contributed by atoms with van der Waals surface area (Å²) in [6, 6.07) is 30.2. The average molecular weight is 374 g/mol. The van der Waals surface area contributed by atoms with E-state index in [1.165, 1.54) is 58.0 Å². The van der Waals surface area contributed by atoms with E-state index < -0.39 is 0 Å². The molecule has 140 valence electrons. The van der Waals surface area contributed by atoms with Gasteiger partial charge in [0.1, 0.15) is 11.2 Å². The van der Waals surface area contributed by atoms with E-state index in [1.54, 1.807) is 11.1 Å². The fourth-order valence-corrected chi connectivity index (χ4v) is 4.88. The Morgan fingerprint density at radius 1 is 0.483 bits per heavy atom. The summed E-state index contributed by atoms with van der Waals surface area (Å²) in [6.07, 6.45) is 5.22. The van der Waals surface area contributed by atoms with Gasteiger partial charge in [0.2, 0.25) is 0 Å². The van der Waals surface area contributed by atoms with Crippen LogP contribution in [0.2, 0.25) is 0 Å². The standard InChI is InChI=1S/C18H16.C10H6O/c1-3-7-15-13(5-1)9-11-18-16-8-4-2-6-14(16)10-12-17(15)18;1-2-4-8-7(3-1)9-5-6-10(8)11-9/h1,3,5,7,9-12H,2,4,6,8H2;1-6H. The van der Waals surface area contributed by atoms with Crippen LogP contribution in [0.1, 0.15) is 24.0 Å². The molecule has 1 aliphatic rings. The Balaban J connectivity index is 0.000000128. The summed E-state index contributed by atoms with van der Waals surface area (Å²) < 4.78 is 5.46. The minimum absolute atomic E-state index is 0.996. The van der Waals surface area contributed by atoms with Crippen molar-refractivity contribution >= 4 is 43.5 Å². The van der Waals surface area contributed by atoms with Crippen molar-refractivity contribution in [1.29, 1.82) is 0 Å². The second-order valence-electron chi connectivity index (χ2n) is 8.00. The first-order valence-electron chi connectivity index (χ1n) is 10.5. The van der Waals surface area contributed by atoms with Crippen LogP contribution in [0.5, 0.6) is 0 Å². The zero-order valence-electron chi connectivity index (χ0n) is 16.3. The molecule has 4 aromatic carbocycles. The summed E-state index contributed by atoms with van der Waals surface area (Å²) in [7, 11) is 0. The van der Waals surface area contributed by atoms with Gasteiger partial charge in [0.15, 0.2) is 0 Å². The summed E-state index contributed by atoms with van der Waals surface area (Å²) in [5.41, 5.74) is 5.17. The number of aryl methyl sites for hydroxylation is 2. The first kappa shape index (κ1) is 16.6. The van der Waals surface area contributed by atoms with E-state index in [1.807, 2.05) is 24.3 Å². The van der Waals surface area contributed by atoms with Gasteiger partial charge in [-0.25, -0.2) is 0 Å². The van der Waals surface area contributed by atoms with Crippen LogP contribution in [0.4, 0.5) is 0 Å². The Labute approximate surface area is 169 Å². The lowest BCUT2D eigenvalue weighted by atomic mass is 9.86. The summed E-state index contributed by atoms with van der Waals surface area (Å²) in [4.78, 5) is 0. The maximum Gasteiger partial charge on any atom is 0.135 e. The fraction of sp³-hybridized carbons (Fsp3) is 0.143. The van der Waals surface area contributed by atoms with Crippen LogP contribution < -0.4 is 0 Å². The Morgan fingerprint density at radius 3 is 1.93 bits per heavy atom. The molecule has 29 heavy (non-hydrogen) atoms. The molecule has 1 heteroatoms. The SMILES string of the molecule is c1ccc2c(c1)ccc1c3c(ccc12)CCCC3.c1ccc2c3ccc(o3)c2c1. The molecule has 1 nitrogen and oxygen atoms in total. The van der Waals surface area contributed by atoms with Gasteiger partial charge >= 0.3 is 0 Å². The highest BCUT2D eigenvalue weighted by Crippen LogP contribution is 2.33. The number of furan rings is 2. The molecule has 0 atom stereocenters. The van der Waals surface area contributed by atoms with E-state index in [4.69, 9.17) is 4.42 Å². The Bertz CT molecular complexity index is 1410. The quantitative estimate of drug-likeness (QED) is 0.246. The van der Waals surface area contributed by atoms with Gasteiger partial charge in [-0.05, 0) is 70.5 Å². The van der Waals surface area contributed by atoms with Crippen LogP contribution in [0.25, 0.3) is 43.5 Å². The van der Waals surface area contributed by atoms with Crippen LogP contribution in [-0.4, -0.2) is 0 Å². The number of rotatable bonds is 0. The van der Waals surface area contributed by atoms with E-state index in [2.05, 4.69) is 60.7 Å². The van der Waals surface area contributed by atoms with Crippen molar-refractivity contribution in [1.82, 2.24) is 0 Å². The topological polar surface area (TPSA) is 13.1 Å². The Morgan fingerprint density at radius 2 is 1.14 bits per heavy atom. The molecule has 2 bridgehead atoms. The fourth-order valence-electron chi connectivity index (χ4n) is 4.88. The van der Waals surface area contributed by atoms with Crippen molar-refractivity contribution in [2.45, 2.75) is 25.7 Å². The number of hydrogen-bond acceptors (Lipinski definition) is 1. The molecule has 0 saturated heterocycles. The molecule has 1 aliphatic carbocycles. The van der Waals surface area contributed by atoms with Crippen molar-refractivity contribution in [3.63, 3.8) is 0 Å². The van der Waals surface area contributed by atoms with Gasteiger partial charge in [-0.3, -0.25) is 0 Å². The van der Waals surface area contributed by atoms with Crippen LogP contribution >= 0.6 is 0 Å². The van der Waals surface area contributed by atoms with Gasteiger partial charge in [-0.15, -0.1) is 0 Å². The van der Waals surface area contributed by atoms with Crippen LogP contribution in [0, 0.1) is 0 Å². The molecule has 0 radical (unpaired) electrons. The third-order valence-corrected chi connectivity index (χ3v) is 6.32. The molecular formula is C28H22O. The zero-order chi connectivity index (χ0) is 19.2. The molecule has 2 heterocycles. The van der Waals surface area contributed by atoms with Crippen molar-refractivity contribution in [3.8, 4) is 0 Å². The van der Waals surface area contributed by atoms with Gasteiger partial charge in [-0.1, -0.05) is 72.8 Å². The monoisotopic (exact) mass is 374 g/mol. The third-order valence-electron chi connectivity index (χ3n) is 6.32. The molecule has 0 amide bonds. The largest absolute Gasteiger partial charge is 0.456 e. The molecule has 0 aliphatic heterocycles. The summed E-state index contributed by atoms with van der Waals surface area (Å²) in [5, 5.41) is 8.10. The molecule has 0 fully saturated rings. The Kier molecular flexibility index (Phi) is 3.80. The van der Waals surface area contributed by atoms with E-state index >= 15 is 0 Å². The van der Waals surface area contributed by atoms with Crippen molar-refractivity contribution in [3.05, 3.63) is 96.1 Å². The van der Waals surface area contributed by atoms with E-state index in [0.717, 1.165) is 11.2 Å². The molecule has 0 N–H and O–H groups in total. The molecule has 0 saturated carbocycles. The molecule has 0 spiro atoms. The lowest BCUT2D eigenvalue weighted by Gasteiger charge is -2.18. The molecular weight excluding hydrogens is 352 g/mol. The number of fused-ring (bicyclic) bond motifs is 10. The highest BCUT2D eigenvalue weighted by molar-refractivity contribution is 6.09. The van der Waals surface area contributed by atoms with Gasteiger partial charge in [0, 0.05) is 10.8 Å². The van der Waals surface area contributed by atoms with E-state index in [9.17, 15) is 0 Å². The Hall–Kier alpha value is -3.32. The predicted molar refractivity (Wildman–Crippen MR) is 123 cm³/mol. The van der Waals surface area contributed by atoms with Crippen LogP contribution in [0.15, 0.2) is 89.3 Å². The van der Waals surface area contributed by atoms with Crippen molar-refractivity contribution < 1.29 is 4.42 Å². The maximum atomic E-state index is 5.46. The highest BCUT2D eigenvalue weighted by Gasteiger charge is 2.13. The molecule has 2 aromatic heterocycles. The van der Waals surface area contributed by atoms with E-state index in [0.29, 0.717) is 0 Å². The minimum Gasteiger partial charge on any atom is -0.456 e. The second kappa shape index (κ2) is 6.63. The highest BCUT2D eigenvalue weighted by atomic mass is 16.3. The van der Waals surface area contributed by atoms with Crippen molar-refractivity contribution in [2.24, 2.45) is 0 Å². The van der Waals surface area contributed by atoms with Gasteiger partial charge < -0.3 is 4.42 Å². The summed E-state index contributed by atoms with van der Waals surface area (Å²) >= 11 is 0. The molecule has 7 rings (SSSR count). The number of benzene rings is 5. The van der Waals surface area contributed by atoms with E-state index in [-0.39, 0.29) is 0 Å². The van der Waals surface area contributed by atoms with Crippen LogP contribution in [-0.2, 0) is 12.8 Å². The minimum atomic E-state index is 0.996. The van der Waals surface area contributed by atoms with Crippen LogP contribution in [0.3, 0.4) is 0 Å².